The van der Waals surface area contributed by atoms with Crippen LogP contribution in [0.15, 0.2) is 0 Å². The maximum Gasteiger partial charge on any atom is 0.397 e. The molecule has 0 spiro atoms. The molecule has 0 aliphatic carbocycles. The Morgan fingerprint density at radius 2 is 2.00 bits per heavy atom. The zero-order valence-corrected chi connectivity index (χ0v) is 8.28. The van der Waals surface area contributed by atoms with Crippen LogP contribution in [-0.4, -0.2) is 19.6 Å². The molecule has 0 unspecified atom stereocenters. The molecule has 0 aromatic rings. The van der Waals surface area contributed by atoms with E-state index in [0.29, 0.717) is 0 Å². The summed E-state index contributed by atoms with van der Waals surface area (Å²) in [5, 5.41) is 0. The minimum absolute atomic E-state index is 0. The summed E-state index contributed by atoms with van der Waals surface area (Å²) < 4.78 is 30.7. The third-order valence-electron chi connectivity index (χ3n) is 0.267. The molecule has 46 valence electrons. The fraction of sp³-hybridized carbons (Fsp3) is 1.00. The summed E-state index contributed by atoms with van der Waals surface area (Å²) in [5.74, 6) is 0. The quantitative estimate of drug-likeness (QED) is 0.486. The molecule has 0 aromatic carbocycles. The second-order valence-corrected chi connectivity index (χ2v) is 1.93. The largest absolute Gasteiger partial charge is 0.397 e. The summed E-state index contributed by atoms with van der Waals surface area (Å²) in [6, 6.07) is 0. The third-order valence-corrected chi connectivity index (χ3v) is 0.800. The Balaban J connectivity index is 0. The monoisotopic (exact) mass is 190 g/mol. The summed E-state index contributed by atoms with van der Waals surface area (Å²) in [6.07, 6.45) is 0. The van der Waals surface area contributed by atoms with Crippen molar-refractivity contribution in [1.29, 1.82) is 0 Å². The maximum absolute atomic E-state index is 9.56. The van der Waals surface area contributed by atoms with Crippen LogP contribution in [-0.2, 0) is 34.1 Å². The topological polar surface area (TPSA) is 63.6 Å². The molecular weight excluding hydrogens is 185 g/mol. The van der Waals surface area contributed by atoms with E-state index in [1.54, 1.807) is 0 Å². The molecule has 4 nitrogen and oxygen atoms in total. The van der Waals surface area contributed by atoms with Crippen LogP contribution in [0.5, 0.6) is 0 Å². The van der Waals surface area contributed by atoms with Crippen molar-refractivity contribution in [3.63, 3.8) is 0 Å². The average Bonchev–Trinajstić information content (AvgIpc) is 1.30. The van der Waals surface area contributed by atoms with Gasteiger partial charge in [-0.2, -0.15) is 8.42 Å². The van der Waals surface area contributed by atoms with Gasteiger partial charge >= 0.3 is 10.4 Å². The van der Waals surface area contributed by atoms with Crippen molar-refractivity contribution in [1.82, 2.24) is 0 Å². The zero-order chi connectivity index (χ0) is 5.91. The maximum atomic E-state index is 9.56. The van der Waals surface area contributed by atoms with Crippen LogP contribution in [0.3, 0.4) is 0 Å². The van der Waals surface area contributed by atoms with Gasteiger partial charge in [0.2, 0.25) is 0 Å². The Bertz CT molecular complexity index is 127. The van der Waals surface area contributed by atoms with Gasteiger partial charge in [-0.3, -0.25) is 4.55 Å². The first kappa shape index (κ1) is 11.3. The van der Waals surface area contributed by atoms with Crippen molar-refractivity contribution in [3.05, 3.63) is 0 Å². The van der Waals surface area contributed by atoms with Gasteiger partial charge in [-0.05, 0) is 6.92 Å². The second-order valence-electron chi connectivity index (χ2n) is 0.834. The van der Waals surface area contributed by atoms with E-state index >= 15 is 0 Å². The predicted octanol–water partition coefficient (Wildman–Crippen LogP) is -0.177. The van der Waals surface area contributed by atoms with Crippen LogP contribution in [0.1, 0.15) is 6.92 Å². The molecule has 0 aliphatic rings. The van der Waals surface area contributed by atoms with Crippen molar-refractivity contribution >= 4 is 10.4 Å². The fourth-order valence-electron chi connectivity index (χ4n) is 0.149. The van der Waals surface area contributed by atoms with Gasteiger partial charge in [0.15, 0.2) is 0 Å². The van der Waals surface area contributed by atoms with Crippen LogP contribution in [0, 0.1) is 0 Å². The summed E-state index contributed by atoms with van der Waals surface area (Å²) >= 11 is 0. The van der Waals surface area contributed by atoms with Crippen LogP contribution in [0.4, 0.5) is 0 Å². The van der Waals surface area contributed by atoms with Gasteiger partial charge in [0, 0.05) is 19.5 Å². The van der Waals surface area contributed by atoms with E-state index in [-0.39, 0.29) is 26.1 Å². The Morgan fingerprint density at radius 1 is 1.62 bits per heavy atom. The molecule has 8 heavy (non-hydrogen) atoms. The Hall–Kier alpha value is 0.493. The van der Waals surface area contributed by atoms with Gasteiger partial charge in [0.1, 0.15) is 0 Å². The molecule has 0 saturated heterocycles. The first-order valence-electron chi connectivity index (χ1n) is 1.68. The number of hydrogen-bond donors (Lipinski definition) is 1. The molecule has 0 heterocycles. The van der Waals surface area contributed by atoms with E-state index in [9.17, 15) is 8.42 Å². The van der Waals surface area contributed by atoms with Gasteiger partial charge < -0.3 is 0 Å². The Kier molecular flexibility index (Phi) is 6.19. The SMILES string of the molecule is CCOS(=O)(=O)O.[Zn]. The molecule has 6 heteroatoms. The van der Waals surface area contributed by atoms with E-state index in [1.807, 2.05) is 0 Å². The molecule has 1 N–H and O–H groups in total. The minimum atomic E-state index is -4.17. The van der Waals surface area contributed by atoms with E-state index in [2.05, 4.69) is 4.18 Å². The Morgan fingerprint density at radius 3 is 2.00 bits per heavy atom. The van der Waals surface area contributed by atoms with Gasteiger partial charge in [-0.1, -0.05) is 0 Å². The molecule has 0 bridgehead atoms. The molecular formula is C2H6O4SZn. The molecule has 0 aromatic heterocycles. The zero-order valence-electron chi connectivity index (χ0n) is 4.49. The second kappa shape index (κ2) is 4.38. The van der Waals surface area contributed by atoms with Gasteiger partial charge in [0.25, 0.3) is 0 Å². The van der Waals surface area contributed by atoms with E-state index in [1.165, 1.54) is 6.92 Å². The van der Waals surface area contributed by atoms with Gasteiger partial charge in [-0.15, -0.1) is 0 Å². The molecule has 0 aliphatic heterocycles. The van der Waals surface area contributed by atoms with Crippen molar-refractivity contribution in [3.8, 4) is 0 Å². The van der Waals surface area contributed by atoms with Crippen LogP contribution in [0.25, 0.3) is 0 Å². The van der Waals surface area contributed by atoms with Crippen molar-refractivity contribution in [2.45, 2.75) is 6.92 Å². The minimum Gasteiger partial charge on any atom is -0.264 e. The summed E-state index contributed by atoms with van der Waals surface area (Å²) in [6.45, 7) is 1.44. The number of hydrogen-bond acceptors (Lipinski definition) is 3. The number of rotatable bonds is 2. The first-order chi connectivity index (χ1) is 3.06. The van der Waals surface area contributed by atoms with E-state index in [4.69, 9.17) is 4.55 Å². The van der Waals surface area contributed by atoms with Gasteiger partial charge in [0.05, 0.1) is 6.61 Å². The standard InChI is InChI=1S/C2H6O4S.Zn/c1-2-6-7(3,4)5;/h2H2,1H3,(H,3,4,5);. The predicted molar refractivity (Wildman–Crippen MR) is 23.2 cm³/mol. The molecule has 0 atom stereocenters. The third kappa shape index (κ3) is 9.71. The van der Waals surface area contributed by atoms with Crippen molar-refractivity contribution in [2.75, 3.05) is 6.61 Å². The van der Waals surface area contributed by atoms with Crippen molar-refractivity contribution in [2.24, 2.45) is 0 Å². The molecule has 0 fully saturated rings. The average molecular weight is 192 g/mol. The fourth-order valence-corrected chi connectivity index (χ4v) is 0.447. The summed E-state index contributed by atoms with van der Waals surface area (Å²) in [5.41, 5.74) is 0. The van der Waals surface area contributed by atoms with Crippen LogP contribution < -0.4 is 0 Å². The first-order valence-corrected chi connectivity index (χ1v) is 3.04. The summed E-state index contributed by atoms with van der Waals surface area (Å²) in [4.78, 5) is 0. The molecule has 0 radical (unpaired) electrons. The van der Waals surface area contributed by atoms with Crippen LogP contribution in [0.2, 0.25) is 0 Å². The Labute approximate surface area is 60.9 Å². The van der Waals surface area contributed by atoms with E-state index < -0.39 is 10.4 Å². The molecule has 0 amide bonds. The van der Waals surface area contributed by atoms with E-state index in [0.717, 1.165) is 0 Å². The molecule has 0 saturated carbocycles. The van der Waals surface area contributed by atoms with Crippen molar-refractivity contribution < 1.29 is 36.6 Å². The molecule has 0 rings (SSSR count). The normalized spacial score (nSPS) is 10.2. The van der Waals surface area contributed by atoms with Crippen LogP contribution >= 0.6 is 0 Å². The van der Waals surface area contributed by atoms with Gasteiger partial charge in [-0.25, -0.2) is 4.18 Å². The smallest absolute Gasteiger partial charge is 0.264 e. The summed E-state index contributed by atoms with van der Waals surface area (Å²) in [7, 11) is -4.17.